The Hall–Kier alpha value is -2.08. The molecule has 0 fully saturated rings. The molecule has 20 heavy (non-hydrogen) atoms. The highest BCUT2D eigenvalue weighted by atomic mass is 14.2. The number of aryl methyl sites for hydroxylation is 3. The van der Waals surface area contributed by atoms with Crippen LogP contribution in [0.2, 0.25) is 0 Å². The lowest BCUT2D eigenvalue weighted by atomic mass is 9.81. The fourth-order valence-corrected chi connectivity index (χ4v) is 3.14. The molecule has 0 unspecified atom stereocenters. The third-order valence-corrected chi connectivity index (χ3v) is 4.08. The molecular formula is C20H20. The molecule has 0 amide bonds. The van der Waals surface area contributed by atoms with Gasteiger partial charge in [-0.3, -0.25) is 0 Å². The summed E-state index contributed by atoms with van der Waals surface area (Å²) < 4.78 is 0. The Kier molecular flexibility index (Phi) is 3.10. The topological polar surface area (TPSA) is 0 Å². The summed E-state index contributed by atoms with van der Waals surface area (Å²) in [5.41, 5.74) is 10.4. The lowest BCUT2D eigenvalue weighted by Crippen LogP contribution is -2.04. The molecule has 0 saturated heterocycles. The molecule has 2 aromatic rings. The summed E-state index contributed by atoms with van der Waals surface area (Å²) in [4.78, 5) is 0. The minimum atomic E-state index is 1.00. The molecule has 0 aromatic heterocycles. The van der Waals surface area contributed by atoms with Gasteiger partial charge >= 0.3 is 0 Å². The maximum atomic E-state index is 4.36. The molecule has 0 atom stereocenters. The molecule has 0 radical (unpaired) electrons. The standard InChI is InChI=1S/C20H20/c1-13-5-7-17(8-6-13)19-10-9-18-12-14(2)11-15(3)20(18)16(19)4/h5-8,10-12H,4,9H2,1-3H3. The van der Waals surface area contributed by atoms with Crippen LogP contribution >= 0.6 is 0 Å². The second-order valence-corrected chi connectivity index (χ2v) is 5.78. The second kappa shape index (κ2) is 4.79. The first-order valence-corrected chi connectivity index (χ1v) is 7.13. The van der Waals surface area contributed by atoms with Gasteiger partial charge in [0.05, 0.1) is 0 Å². The third kappa shape index (κ3) is 2.12. The maximum Gasteiger partial charge on any atom is -0.00817 e. The number of benzene rings is 2. The van der Waals surface area contributed by atoms with Crippen molar-refractivity contribution in [3.8, 4) is 0 Å². The van der Waals surface area contributed by atoms with Gasteiger partial charge in [0.1, 0.15) is 0 Å². The zero-order chi connectivity index (χ0) is 14.3. The first kappa shape index (κ1) is 12.9. The number of hydrogen-bond acceptors (Lipinski definition) is 0. The Labute approximate surface area is 121 Å². The van der Waals surface area contributed by atoms with E-state index in [-0.39, 0.29) is 0 Å². The summed E-state index contributed by atoms with van der Waals surface area (Å²) in [5.74, 6) is 0. The molecule has 1 aliphatic carbocycles. The third-order valence-electron chi connectivity index (χ3n) is 4.08. The zero-order valence-corrected chi connectivity index (χ0v) is 12.5. The predicted octanol–water partition coefficient (Wildman–Crippen LogP) is 5.26. The van der Waals surface area contributed by atoms with Gasteiger partial charge in [-0.2, -0.15) is 0 Å². The highest BCUT2D eigenvalue weighted by molar-refractivity contribution is 6.06. The molecule has 2 aromatic carbocycles. The van der Waals surface area contributed by atoms with Crippen LogP contribution in [0.25, 0.3) is 11.1 Å². The van der Waals surface area contributed by atoms with Crippen LogP contribution in [0.4, 0.5) is 0 Å². The van der Waals surface area contributed by atoms with Crippen LogP contribution in [0.1, 0.15) is 33.4 Å². The lowest BCUT2D eigenvalue weighted by Gasteiger charge is -2.23. The molecule has 0 spiro atoms. The van der Waals surface area contributed by atoms with Crippen molar-refractivity contribution in [3.05, 3.63) is 82.4 Å². The van der Waals surface area contributed by atoms with Gasteiger partial charge in [0.25, 0.3) is 0 Å². The van der Waals surface area contributed by atoms with Gasteiger partial charge in [-0.1, -0.05) is 60.2 Å². The van der Waals surface area contributed by atoms with E-state index in [1.54, 1.807) is 0 Å². The molecule has 0 N–H and O–H groups in total. The summed E-state index contributed by atoms with van der Waals surface area (Å²) in [6.45, 7) is 10.8. The van der Waals surface area contributed by atoms with E-state index >= 15 is 0 Å². The highest BCUT2D eigenvalue weighted by Crippen LogP contribution is 2.38. The minimum absolute atomic E-state index is 1.00. The van der Waals surface area contributed by atoms with E-state index in [1.807, 2.05) is 0 Å². The maximum absolute atomic E-state index is 4.36. The fraction of sp³-hybridized carbons (Fsp3) is 0.200. The molecule has 0 aliphatic heterocycles. The largest absolute Gasteiger partial charge is 0.0905 e. The van der Waals surface area contributed by atoms with Crippen molar-refractivity contribution in [2.24, 2.45) is 0 Å². The van der Waals surface area contributed by atoms with Crippen molar-refractivity contribution in [3.63, 3.8) is 0 Å². The molecule has 0 heteroatoms. The molecule has 0 nitrogen and oxygen atoms in total. The van der Waals surface area contributed by atoms with Crippen molar-refractivity contribution in [1.82, 2.24) is 0 Å². The Morgan fingerprint density at radius 2 is 1.60 bits per heavy atom. The van der Waals surface area contributed by atoms with Crippen LogP contribution in [0, 0.1) is 20.8 Å². The van der Waals surface area contributed by atoms with Gasteiger partial charge in [-0.15, -0.1) is 0 Å². The molecule has 1 aliphatic rings. The Morgan fingerprint density at radius 1 is 0.900 bits per heavy atom. The monoisotopic (exact) mass is 260 g/mol. The van der Waals surface area contributed by atoms with Gasteiger partial charge in [0, 0.05) is 0 Å². The Morgan fingerprint density at radius 3 is 2.30 bits per heavy atom. The zero-order valence-electron chi connectivity index (χ0n) is 12.5. The Balaban J connectivity index is 2.08. The van der Waals surface area contributed by atoms with Crippen molar-refractivity contribution in [2.45, 2.75) is 27.2 Å². The van der Waals surface area contributed by atoms with E-state index in [0.717, 1.165) is 12.0 Å². The summed E-state index contributed by atoms with van der Waals surface area (Å²) in [6, 6.07) is 13.3. The van der Waals surface area contributed by atoms with Gasteiger partial charge < -0.3 is 0 Å². The first-order valence-electron chi connectivity index (χ1n) is 7.13. The van der Waals surface area contributed by atoms with Crippen LogP contribution < -0.4 is 0 Å². The minimum Gasteiger partial charge on any atom is -0.0905 e. The van der Waals surface area contributed by atoms with E-state index in [4.69, 9.17) is 0 Å². The molecular weight excluding hydrogens is 240 g/mol. The molecule has 0 saturated carbocycles. The summed E-state index contributed by atoms with van der Waals surface area (Å²) in [7, 11) is 0. The van der Waals surface area contributed by atoms with E-state index in [9.17, 15) is 0 Å². The molecule has 100 valence electrons. The average molecular weight is 260 g/mol. The highest BCUT2D eigenvalue weighted by Gasteiger charge is 2.18. The van der Waals surface area contributed by atoms with Gasteiger partial charge in [0.15, 0.2) is 0 Å². The molecule has 3 rings (SSSR count). The summed E-state index contributed by atoms with van der Waals surface area (Å²) >= 11 is 0. The van der Waals surface area contributed by atoms with E-state index < -0.39 is 0 Å². The van der Waals surface area contributed by atoms with Gasteiger partial charge in [-0.25, -0.2) is 0 Å². The smallest absolute Gasteiger partial charge is 0.00817 e. The van der Waals surface area contributed by atoms with E-state index in [2.05, 4.69) is 69.8 Å². The average Bonchev–Trinajstić information content (AvgIpc) is 2.39. The lowest BCUT2D eigenvalue weighted by molar-refractivity contribution is 1.19. The SMILES string of the molecule is C=C1C(c2ccc(C)cc2)=CCc2cc(C)cc(C)c21. The van der Waals surface area contributed by atoms with Crippen LogP contribution in [0.3, 0.4) is 0 Å². The number of fused-ring (bicyclic) bond motifs is 1. The molecule has 0 bridgehead atoms. The van der Waals surface area contributed by atoms with E-state index in [1.165, 1.54) is 39.0 Å². The quantitative estimate of drug-likeness (QED) is 0.655. The van der Waals surface area contributed by atoms with Crippen molar-refractivity contribution >= 4 is 11.1 Å². The number of rotatable bonds is 1. The second-order valence-electron chi connectivity index (χ2n) is 5.78. The number of allylic oxidation sites excluding steroid dienone is 3. The van der Waals surface area contributed by atoms with Crippen molar-refractivity contribution in [2.75, 3.05) is 0 Å². The van der Waals surface area contributed by atoms with Gasteiger partial charge in [-0.05, 0) is 60.6 Å². The summed E-state index contributed by atoms with van der Waals surface area (Å²) in [6.07, 6.45) is 3.31. The van der Waals surface area contributed by atoms with Crippen LogP contribution in [-0.2, 0) is 6.42 Å². The van der Waals surface area contributed by atoms with Crippen molar-refractivity contribution < 1.29 is 0 Å². The van der Waals surface area contributed by atoms with Gasteiger partial charge in [0.2, 0.25) is 0 Å². The van der Waals surface area contributed by atoms with Crippen LogP contribution in [-0.4, -0.2) is 0 Å². The Bertz CT molecular complexity index is 712. The normalized spacial score (nSPS) is 13.9. The first-order chi connectivity index (χ1) is 9.56. The molecule has 0 heterocycles. The van der Waals surface area contributed by atoms with E-state index in [0.29, 0.717) is 0 Å². The predicted molar refractivity (Wildman–Crippen MR) is 87.8 cm³/mol. The number of hydrogen-bond donors (Lipinski definition) is 0. The fourth-order valence-electron chi connectivity index (χ4n) is 3.14. The van der Waals surface area contributed by atoms with Crippen molar-refractivity contribution in [1.29, 1.82) is 0 Å². The summed E-state index contributed by atoms with van der Waals surface area (Å²) in [5, 5.41) is 0. The van der Waals surface area contributed by atoms with Crippen LogP contribution in [0.15, 0.2) is 49.1 Å². The van der Waals surface area contributed by atoms with Crippen LogP contribution in [0.5, 0.6) is 0 Å².